The Morgan fingerprint density at radius 2 is 2.22 bits per heavy atom. The van der Waals surface area contributed by atoms with Crippen LogP contribution in [0.25, 0.3) is 0 Å². The van der Waals surface area contributed by atoms with E-state index in [0.717, 1.165) is 40.4 Å². The van der Waals surface area contributed by atoms with E-state index in [1.165, 1.54) is 11.8 Å². The first-order chi connectivity index (χ1) is 11.2. The van der Waals surface area contributed by atoms with E-state index in [2.05, 4.69) is 22.2 Å². The van der Waals surface area contributed by atoms with Crippen molar-refractivity contribution in [2.75, 3.05) is 11.1 Å². The molecule has 0 spiro atoms. The van der Waals surface area contributed by atoms with Crippen molar-refractivity contribution in [1.29, 1.82) is 0 Å². The zero-order chi connectivity index (χ0) is 16.2. The van der Waals surface area contributed by atoms with Crippen LogP contribution in [0.15, 0.2) is 34.2 Å². The van der Waals surface area contributed by atoms with Gasteiger partial charge in [-0.1, -0.05) is 36.9 Å². The van der Waals surface area contributed by atoms with Crippen LogP contribution in [0.4, 0.5) is 5.69 Å². The molecule has 2 aromatic rings. The van der Waals surface area contributed by atoms with Crippen LogP contribution in [0, 0.1) is 0 Å². The Bertz CT molecular complexity index is 789. The third-order valence-electron chi connectivity index (χ3n) is 3.58. The number of anilines is 1. The van der Waals surface area contributed by atoms with Crippen molar-refractivity contribution in [3.63, 3.8) is 0 Å². The van der Waals surface area contributed by atoms with E-state index >= 15 is 0 Å². The fraction of sp³-hybridized carbons (Fsp3) is 0.312. The molecular formula is C16H17N3O2S2. The molecule has 1 aromatic carbocycles. The van der Waals surface area contributed by atoms with E-state index in [-0.39, 0.29) is 17.2 Å². The molecule has 0 fully saturated rings. The van der Waals surface area contributed by atoms with Gasteiger partial charge in [0.1, 0.15) is 0 Å². The maximum Gasteiger partial charge on any atom is 0.255 e. The Morgan fingerprint density at radius 1 is 1.39 bits per heavy atom. The van der Waals surface area contributed by atoms with E-state index in [0.29, 0.717) is 5.16 Å². The minimum absolute atomic E-state index is 0.0840. The standard InChI is InChI=1S/C16H17N3O2S2/c1-2-10-5-3-4-6-12(10)17-14(20)9-23-16-18-13-8-22-7-11(13)15(21)19-16/h3-6H,2,7-9H2,1H3,(H,17,20)(H,18,19,21). The number of H-pyrrole nitrogens is 1. The van der Waals surface area contributed by atoms with Crippen molar-refractivity contribution in [2.45, 2.75) is 30.0 Å². The molecule has 1 aromatic heterocycles. The van der Waals surface area contributed by atoms with Gasteiger partial charge < -0.3 is 10.3 Å². The van der Waals surface area contributed by atoms with Crippen LogP contribution in [0.2, 0.25) is 0 Å². The molecule has 5 nitrogen and oxygen atoms in total. The zero-order valence-corrected chi connectivity index (χ0v) is 14.4. The van der Waals surface area contributed by atoms with Crippen molar-refractivity contribution in [2.24, 2.45) is 0 Å². The number of nitrogens with zero attached hydrogens (tertiary/aromatic N) is 1. The number of aryl methyl sites for hydroxylation is 1. The van der Waals surface area contributed by atoms with Crippen LogP contribution >= 0.6 is 23.5 Å². The summed E-state index contributed by atoms with van der Waals surface area (Å²) in [6.07, 6.45) is 0.862. The molecule has 7 heteroatoms. The highest BCUT2D eigenvalue weighted by Crippen LogP contribution is 2.26. The SMILES string of the molecule is CCc1ccccc1NC(=O)CSc1nc2c(c(=O)[nH]1)CSC2. The second-order valence-corrected chi connectivity index (χ2v) is 7.09. The van der Waals surface area contributed by atoms with Crippen LogP contribution in [-0.2, 0) is 22.7 Å². The highest BCUT2D eigenvalue weighted by Gasteiger charge is 2.18. The maximum absolute atomic E-state index is 12.1. The Hall–Kier alpha value is -1.73. The average molecular weight is 347 g/mol. The molecule has 0 saturated heterocycles. The van der Waals surface area contributed by atoms with Gasteiger partial charge in [-0.15, -0.1) is 0 Å². The van der Waals surface area contributed by atoms with Crippen molar-refractivity contribution < 1.29 is 4.79 Å². The molecule has 0 radical (unpaired) electrons. The maximum atomic E-state index is 12.1. The van der Waals surface area contributed by atoms with Crippen molar-refractivity contribution in [1.82, 2.24) is 9.97 Å². The molecule has 0 unspecified atom stereocenters. The van der Waals surface area contributed by atoms with E-state index < -0.39 is 0 Å². The molecule has 0 aliphatic carbocycles. The number of hydrogen-bond acceptors (Lipinski definition) is 5. The monoisotopic (exact) mass is 347 g/mol. The van der Waals surface area contributed by atoms with Crippen molar-refractivity contribution in [3.8, 4) is 0 Å². The molecule has 120 valence electrons. The quantitative estimate of drug-likeness (QED) is 0.643. The first kappa shape index (κ1) is 16.1. The Balaban J connectivity index is 1.63. The molecule has 3 rings (SSSR count). The number of fused-ring (bicyclic) bond motifs is 1. The molecule has 2 heterocycles. The summed E-state index contributed by atoms with van der Waals surface area (Å²) >= 11 is 2.94. The fourth-order valence-corrected chi connectivity index (χ4v) is 4.09. The number of benzene rings is 1. The lowest BCUT2D eigenvalue weighted by molar-refractivity contribution is -0.113. The number of carbonyl (C=O) groups excluding carboxylic acids is 1. The number of thioether (sulfide) groups is 2. The van der Waals surface area contributed by atoms with Gasteiger partial charge >= 0.3 is 0 Å². The lowest BCUT2D eigenvalue weighted by Crippen LogP contribution is -2.18. The van der Waals surface area contributed by atoms with Crippen molar-refractivity contribution in [3.05, 3.63) is 51.4 Å². The average Bonchev–Trinajstić information content (AvgIpc) is 3.02. The summed E-state index contributed by atoms with van der Waals surface area (Å²) in [5.41, 5.74) is 3.47. The van der Waals surface area contributed by atoms with Gasteiger partial charge in [0, 0.05) is 22.8 Å². The third-order valence-corrected chi connectivity index (χ3v) is 5.42. The Labute approximate surface area is 142 Å². The summed E-state index contributed by atoms with van der Waals surface area (Å²) in [6, 6.07) is 7.76. The predicted molar refractivity (Wildman–Crippen MR) is 95.0 cm³/mol. The lowest BCUT2D eigenvalue weighted by Gasteiger charge is -2.09. The molecule has 1 amide bonds. The smallest absolute Gasteiger partial charge is 0.255 e. The van der Waals surface area contributed by atoms with Crippen LogP contribution in [0.5, 0.6) is 0 Å². The molecule has 1 aliphatic rings. The predicted octanol–water partition coefficient (Wildman–Crippen LogP) is 2.81. The van der Waals surface area contributed by atoms with Crippen LogP contribution < -0.4 is 10.9 Å². The van der Waals surface area contributed by atoms with E-state index in [1.54, 1.807) is 11.8 Å². The number of amides is 1. The molecular weight excluding hydrogens is 330 g/mol. The second kappa shape index (κ2) is 7.23. The summed E-state index contributed by atoms with van der Waals surface area (Å²) in [5, 5.41) is 3.42. The Kier molecular flexibility index (Phi) is 5.07. The van der Waals surface area contributed by atoms with Crippen LogP contribution in [0.1, 0.15) is 23.7 Å². The molecule has 0 atom stereocenters. The summed E-state index contributed by atoms with van der Waals surface area (Å²) in [4.78, 5) is 31.2. The third kappa shape index (κ3) is 3.79. The summed E-state index contributed by atoms with van der Waals surface area (Å²) in [5.74, 6) is 1.60. The van der Waals surface area contributed by atoms with Gasteiger partial charge in [0.2, 0.25) is 5.91 Å². The van der Waals surface area contributed by atoms with Gasteiger partial charge in [0.05, 0.1) is 11.4 Å². The number of nitrogens with one attached hydrogen (secondary N) is 2. The molecule has 0 saturated carbocycles. The molecule has 1 aliphatic heterocycles. The second-order valence-electron chi connectivity index (χ2n) is 5.14. The van der Waals surface area contributed by atoms with Gasteiger partial charge in [0.25, 0.3) is 5.56 Å². The minimum atomic E-state index is -0.103. The zero-order valence-electron chi connectivity index (χ0n) is 12.7. The van der Waals surface area contributed by atoms with E-state index in [1.807, 2.05) is 24.3 Å². The number of para-hydroxylation sites is 1. The topological polar surface area (TPSA) is 74.8 Å². The number of hydrogen-bond donors (Lipinski definition) is 2. The molecule has 2 N–H and O–H groups in total. The first-order valence-electron chi connectivity index (χ1n) is 7.37. The highest BCUT2D eigenvalue weighted by atomic mass is 32.2. The summed E-state index contributed by atoms with van der Waals surface area (Å²) in [7, 11) is 0. The van der Waals surface area contributed by atoms with E-state index in [9.17, 15) is 9.59 Å². The van der Waals surface area contributed by atoms with Gasteiger partial charge in [0.15, 0.2) is 5.16 Å². The van der Waals surface area contributed by atoms with Gasteiger partial charge in [-0.25, -0.2) is 4.98 Å². The lowest BCUT2D eigenvalue weighted by atomic mass is 10.1. The number of aromatic amines is 1. The van der Waals surface area contributed by atoms with Gasteiger partial charge in [-0.2, -0.15) is 11.8 Å². The largest absolute Gasteiger partial charge is 0.325 e. The highest BCUT2D eigenvalue weighted by molar-refractivity contribution is 7.99. The van der Waals surface area contributed by atoms with Crippen LogP contribution in [-0.4, -0.2) is 21.6 Å². The minimum Gasteiger partial charge on any atom is -0.325 e. The number of rotatable bonds is 5. The summed E-state index contributed by atoms with van der Waals surface area (Å²) in [6.45, 7) is 2.05. The molecule has 0 bridgehead atoms. The van der Waals surface area contributed by atoms with Crippen LogP contribution in [0.3, 0.4) is 0 Å². The normalized spacial score (nSPS) is 12.9. The van der Waals surface area contributed by atoms with Crippen molar-refractivity contribution >= 4 is 35.1 Å². The number of aromatic nitrogens is 2. The van der Waals surface area contributed by atoms with Gasteiger partial charge in [-0.3, -0.25) is 9.59 Å². The summed E-state index contributed by atoms with van der Waals surface area (Å²) < 4.78 is 0. The number of carbonyl (C=O) groups is 1. The Morgan fingerprint density at radius 3 is 3.04 bits per heavy atom. The fourth-order valence-electron chi connectivity index (χ4n) is 2.38. The van der Waals surface area contributed by atoms with E-state index in [4.69, 9.17) is 0 Å². The van der Waals surface area contributed by atoms with Gasteiger partial charge in [-0.05, 0) is 18.1 Å². The molecule has 23 heavy (non-hydrogen) atoms. The first-order valence-corrected chi connectivity index (χ1v) is 9.51.